The van der Waals surface area contributed by atoms with Crippen molar-refractivity contribution < 1.29 is 9.18 Å². The molecule has 0 fully saturated rings. The molecule has 2 rings (SSSR count). The monoisotopic (exact) mass is 287 g/mol. The Labute approximate surface area is 123 Å². The number of rotatable bonds is 5. The molecule has 1 aromatic carbocycles. The number of benzene rings is 1. The van der Waals surface area contributed by atoms with Gasteiger partial charge in [-0.2, -0.15) is 0 Å². The summed E-state index contributed by atoms with van der Waals surface area (Å²) in [7, 11) is 0. The van der Waals surface area contributed by atoms with E-state index in [1.165, 1.54) is 18.2 Å². The fraction of sp³-hybridized carbons (Fsp3) is 0.250. The van der Waals surface area contributed by atoms with Gasteiger partial charge in [-0.15, -0.1) is 0 Å². The lowest BCUT2D eigenvalue weighted by molar-refractivity contribution is 0.102. The van der Waals surface area contributed by atoms with Crippen LogP contribution in [0.1, 0.15) is 24.2 Å². The van der Waals surface area contributed by atoms with Gasteiger partial charge in [-0.25, -0.2) is 9.37 Å². The van der Waals surface area contributed by atoms with Crippen LogP contribution in [-0.2, 0) is 0 Å². The van der Waals surface area contributed by atoms with E-state index in [1.807, 2.05) is 6.07 Å². The molecule has 0 atom stereocenters. The fourth-order valence-electron chi connectivity index (χ4n) is 2.03. The highest BCUT2D eigenvalue weighted by Crippen LogP contribution is 2.15. The number of carbonyl (C=O) groups is 1. The number of nitrogens with zero attached hydrogens (tertiary/aromatic N) is 2. The van der Waals surface area contributed by atoms with Gasteiger partial charge in [0.05, 0.1) is 11.9 Å². The molecule has 0 saturated carbocycles. The number of anilines is 2. The number of nitrogens with one attached hydrogen (secondary N) is 1. The molecule has 0 aliphatic carbocycles. The SMILES string of the molecule is CCN(CC)c1ccc(NC(=O)c2cccc(F)c2)cn1. The molecule has 0 aliphatic rings. The molecular weight excluding hydrogens is 269 g/mol. The number of halogens is 1. The number of amides is 1. The fourth-order valence-corrected chi connectivity index (χ4v) is 2.03. The highest BCUT2D eigenvalue weighted by Gasteiger charge is 2.08. The molecule has 0 spiro atoms. The first-order chi connectivity index (χ1) is 10.1. The molecule has 2 aromatic rings. The Balaban J connectivity index is 2.08. The van der Waals surface area contributed by atoms with E-state index in [2.05, 4.69) is 29.0 Å². The highest BCUT2D eigenvalue weighted by atomic mass is 19.1. The standard InChI is InChI=1S/C16H18FN3O/c1-3-20(4-2)15-9-8-14(11-18-15)19-16(21)12-6-5-7-13(17)10-12/h5-11H,3-4H2,1-2H3,(H,19,21). The van der Waals surface area contributed by atoms with Gasteiger partial charge in [0, 0.05) is 18.7 Å². The van der Waals surface area contributed by atoms with E-state index >= 15 is 0 Å². The van der Waals surface area contributed by atoms with Gasteiger partial charge in [0.25, 0.3) is 5.91 Å². The van der Waals surface area contributed by atoms with E-state index < -0.39 is 5.82 Å². The summed E-state index contributed by atoms with van der Waals surface area (Å²) in [5.41, 5.74) is 0.864. The maximum absolute atomic E-state index is 13.1. The second kappa shape index (κ2) is 6.83. The van der Waals surface area contributed by atoms with Crippen molar-refractivity contribution in [2.45, 2.75) is 13.8 Å². The average molecular weight is 287 g/mol. The topological polar surface area (TPSA) is 45.2 Å². The van der Waals surface area contributed by atoms with E-state index in [0.29, 0.717) is 5.69 Å². The minimum absolute atomic E-state index is 0.280. The van der Waals surface area contributed by atoms with Crippen molar-refractivity contribution in [1.29, 1.82) is 0 Å². The van der Waals surface area contributed by atoms with E-state index in [0.717, 1.165) is 18.9 Å². The molecular formula is C16H18FN3O. The summed E-state index contributed by atoms with van der Waals surface area (Å²) in [6.45, 7) is 5.87. The Kier molecular flexibility index (Phi) is 4.87. The van der Waals surface area contributed by atoms with E-state index in [4.69, 9.17) is 0 Å². The number of carbonyl (C=O) groups excluding carboxylic acids is 1. The summed E-state index contributed by atoms with van der Waals surface area (Å²) < 4.78 is 13.1. The number of hydrogen-bond acceptors (Lipinski definition) is 3. The van der Waals surface area contributed by atoms with Gasteiger partial charge in [0.1, 0.15) is 11.6 Å². The van der Waals surface area contributed by atoms with Gasteiger partial charge in [-0.05, 0) is 44.2 Å². The van der Waals surface area contributed by atoms with Crippen molar-refractivity contribution in [3.05, 3.63) is 54.0 Å². The summed E-state index contributed by atoms with van der Waals surface area (Å²) in [5, 5.41) is 2.70. The Bertz CT molecular complexity index is 609. The van der Waals surface area contributed by atoms with Crippen LogP contribution in [0.15, 0.2) is 42.6 Å². The van der Waals surface area contributed by atoms with Gasteiger partial charge in [0.2, 0.25) is 0 Å². The maximum Gasteiger partial charge on any atom is 0.255 e. The van der Waals surface area contributed by atoms with Crippen molar-refractivity contribution in [2.24, 2.45) is 0 Å². The van der Waals surface area contributed by atoms with Crippen LogP contribution in [0.5, 0.6) is 0 Å². The molecule has 1 amide bonds. The smallest absolute Gasteiger partial charge is 0.255 e. The lowest BCUT2D eigenvalue weighted by atomic mass is 10.2. The van der Waals surface area contributed by atoms with Crippen molar-refractivity contribution in [3.8, 4) is 0 Å². The Morgan fingerprint density at radius 3 is 2.57 bits per heavy atom. The third kappa shape index (κ3) is 3.78. The van der Waals surface area contributed by atoms with Crippen molar-refractivity contribution in [1.82, 2.24) is 4.98 Å². The third-order valence-corrected chi connectivity index (χ3v) is 3.18. The zero-order valence-corrected chi connectivity index (χ0v) is 12.1. The first-order valence-electron chi connectivity index (χ1n) is 6.92. The van der Waals surface area contributed by atoms with Crippen LogP contribution in [0, 0.1) is 5.82 Å². The molecule has 21 heavy (non-hydrogen) atoms. The first-order valence-corrected chi connectivity index (χ1v) is 6.92. The second-order valence-corrected chi connectivity index (χ2v) is 4.54. The molecule has 1 N–H and O–H groups in total. The number of hydrogen-bond donors (Lipinski definition) is 1. The van der Waals surface area contributed by atoms with Crippen LogP contribution in [0.2, 0.25) is 0 Å². The summed E-state index contributed by atoms with van der Waals surface area (Å²) in [4.78, 5) is 18.4. The van der Waals surface area contributed by atoms with Crippen LogP contribution >= 0.6 is 0 Å². The molecule has 0 bridgehead atoms. The predicted molar refractivity (Wildman–Crippen MR) is 82.2 cm³/mol. The molecule has 0 aliphatic heterocycles. The van der Waals surface area contributed by atoms with Crippen molar-refractivity contribution >= 4 is 17.4 Å². The Morgan fingerprint density at radius 1 is 1.24 bits per heavy atom. The predicted octanol–water partition coefficient (Wildman–Crippen LogP) is 3.32. The zero-order valence-electron chi connectivity index (χ0n) is 12.1. The molecule has 1 heterocycles. The van der Waals surface area contributed by atoms with E-state index in [-0.39, 0.29) is 11.5 Å². The van der Waals surface area contributed by atoms with E-state index in [1.54, 1.807) is 18.3 Å². The minimum atomic E-state index is -0.433. The molecule has 0 unspecified atom stereocenters. The Hall–Kier alpha value is -2.43. The molecule has 4 nitrogen and oxygen atoms in total. The summed E-state index contributed by atoms with van der Waals surface area (Å²) in [5.74, 6) is 0.0771. The zero-order chi connectivity index (χ0) is 15.2. The molecule has 1 aromatic heterocycles. The molecule has 110 valence electrons. The molecule has 5 heteroatoms. The van der Waals surface area contributed by atoms with Crippen molar-refractivity contribution in [3.63, 3.8) is 0 Å². The highest BCUT2D eigenvalue weighted by molar-refractivity contribution is 6.04. The van der Waals surface area contributed by atoms with Gasteiger partial charge in [-0.1, -0.05) is 6.07 Å². The van der Waals surface area contributed by atoms with Gasteiger partial charge in [-0.3, -0.25) is 4.79 Å². The van der Waals surface area contributed by atoms with E-state index in [9.17, 15) is 9.18 Å². The number of pyridine rings is 1. The van der Waals surface area contributed by atoms with Crippen molar-refractivity contribution in [2.75, 3.05) is 23.3 Å². The largest absolute Gasteiger partial charge is 0.357 e. The van der Waals surface area contributed by atoms with Gasteiger partial charge < -0.3 is 10.2 Å². The number of aromatic nitrogens is 1. The van der Waals surface area contributed by atoms with Crippen LogP contribution in [0.4, 0.5) is 15.9 Å². The minimum Gasteiger partial charge on any atom is -0.357 e. The average Bonchev–Trinajstić information content (AvgIpc) is 2.50. The lowest BCUT2D eigenvalue weighted by Gasteiger charge is -2.19. The molecule has 0 radical (unpaired) electrons. The first kappa shape index (κ1) is 15.0. The van der Waals surface area contributed by atoms with Crippen LogP contribution < -0.4 is 10.2 Å². The summed E-state index contributed by atoms with van der Waals surface area (Å²) >= 11 is 0. The van der Waals surface area contributed by atoms with Crippen LogP contribution in [0.3, 0.4) is 0 Å². The van der Waals surface area contributed by atoms with Gasteiger partial charge in [0.15, 0.2) is 0 Å². The maximum atomic E-state index is 13.1. The normalized spacial score (nSPS) is 10.2. The van der Waals surface area contributed by atoms with Crippen LogP contribution in [0.25, 0.3) is 0 Å². The Morgan fingerprint density at radius 2 is 2.00 bits per heavy atom. The van der Waals surface area contributed by atoms with Gasteiger partial charge >= 0.3 is 0 Å². The summed E-state index contributed by atoms with van der Waals surface area (Å²) in [6, 6.07) is 9.22. The lowest BCUT2D eigenvalue weighted by Crippen LogP contribution is -2.22. The third-order valence-electron chi connectivity index (χ3n) is 3.18. The summed E-state index contributed by atoms with van der Waals surface area (Å²) in [6.07, 6.45) is 1.60. The quantitative estimate of drug-likeness (QED) is 0.917. The van der Waals surface area contributed by atoms with Crippen LogP contribution in [-0.4, -0.2) is 24.0 Å². The molecule has 0 saturated heterocycles. The second-order valence-electron chi connectivity index (χ2n) is 4.54.